The molecular formula is C33H50N3O6P. The summed E-state index contributed by atoms with van der Waals surface area (Å²) in [6, 6.07) is 17.6. The molecule has 238 valence electrons. The molecule has 0 radical (unpaired) electrons. The number of nitrogens with one attached hydrogen (secondary N) is 2. The second-order valence-corrected chi connectivity index (χ2v) is 14.0. The second kappa shape index (κ2) is 18.5. The van der Waals surface area contributed by atoms with E-state index in [-0.39, 0.29) is 42.7 Å². The number of anilines is 1. The lowest BCUT2D eigenvalue weighted by molar-refractivity contribution is -0.138. The van der Waals surface area contributed by atoms with E-state index in [1.807, 2.05) is 76.2 Å². The van der Waals surface area contributed by atoms with Crippen LogP contribution >= 0.6 is 7.37 Å². The smallest absolute Gasteiger partial charge is 0.407 e. The van der Waals surface area contributed by atoms with Crippen molar-refractivity contribution in [3.63, 3.8) is 0 Å². The van der Waals surface area contributed by atoms with Gasteiger partial charge in [0.05, 0.1) is 6.29 Å². The maximum absolute atomic E-state index is 14.3. The third-order valence-electron chi connectivity index (χ3n) is 7.33. The number of rotatable bonds is 18. The van der Waals surface area contributed by atoms with Gasteiger partial charge in [-0.05, 0) is 62.6 Å². The topological polar surface area (TPSA) is 114 Å². The van der Waals surface area contributed by atoms with Crippen LogP contribution in [0.5, 0.6) is 0 Å². The zero-order chi connectivity index (χ0) is 31.8. The SMILES string of the molecule is CCC(CP(=O)(CN(C(=O)CCCc1ccccc1)[C@@H](CC(C)C)C(=O)Nc1ccccc1)OC)NC(=O)OC(C)CC. The Labute approximate surface area is 257 Å². The first-order chi connectivity index (χ1) is 20.5. The molecule has 0 aliphatic rings. The molecule has 0 aliphatic heterocycles. The Morgan fingerprint density at radius 3 is 2.12 bits per heavy atom. The van der Waals surface area contributed by atoms with Crippen molar-refractivity contribution in [2.75, 3.05) is 24.9 Å². The van der Waals surface area contributed by atoms with Crippen LogP contribution in [0.1, 0.15) is 72.3 Å². The van der Waals surface area contributed by atoms with Crippen molar-refractivity contribution in [1.82, 2.24) is 10.2 Å². The first-order valence-corrected chi connectivity index (χ1v) is 17.3. The predicted octanol–water partition coefficient (Wildman–Crippen LogP) is 7.08. The molecule has 2 N–H and O–H groups in total. The Kier molecular flexibility index (Phi) is 15.5. The second-order valence-electron chi connectivity index (χ2n) is 11.4. The number of aryl methyl sites for hydroxylation is 1. The molecule has 3 amide bonds. The summed E-state index contributed by atoms with van der Waals surface area (Å²) in [6.45, 7) is 9.56. The van der Waals surface area contributed by atoms with Crippen molar-refractivity contribution >= 4 is 31.0 Å². The lowest BCUT2D eigenvalue weighted by Crippen LogP contribution is -2.49. The van der Waals surface area contributed by atoms with Gasteiger partial charge in [0.1, 0.15) is 12.1 Å². The highest BCUT2D eigenvalue weighted by molar-refractivity contribution is 7.59. The number of ether oxygens (including phenoxy) is 1. The van der Waals surface area contributed by atoms with Crippen LogP contribution < -0.4 is 10.6 Å². The largest absolute Gasteiger partial charge is 0.447 e. The summed E-state index contributed by atoms with van der Waals surface area (Å²) in [4.78, 5) is 41.5. The van der Waals surface area contributed by atoms with Crippen molar-refractivity contribution in [3.8, 4) is 0 Å². The van der Waals surface area contributed by atoms with Crippen LogP contribution in [0.3, 0.4) is 0 Å². The molecule has 4 atom stereocenters. The molecule has 0 aromatic heterocycles. The highest BCUT2D eigenvalue weighted by Crippen LogP contribution is 2.48. The van der Waals surface area contributed by atoms with Gasteiger partial charge in [-0.1, -0.05) is 76.2 Å². The molecule has 0 fully saturated rings. The van der Waals surface area contributed by atoms with Gasteiger partial charge in [-0.15, -0.1) is 0 Å². The van der Waals surface area contributed by atoms with E-state index in [9.17, 15) is 18.9 Å². The van der Waals surface area contributed by atoms with Crippen LogP contribution in [-0.4, -0.2) is 60.6 Å². The third-order valence-corrected chi connectivity index (χ3v) is 9.73. The Hall–Kier alpha value is -3.16. The summed E-state index contributed by atoms with van der Waals surface area (Å²) in [5.41, 5.74) is 1.73. The molecular weight excluding hydrogens is 565 g/mol. The number of carbonyl (C=O) groups excluding carboxylic acids is 3. The summed E-state index contributed by atoms with van der Waals surface area (Å²) in [5, 5.41) is 5.73. The van der Waals surface area contributed by atoms with Crippen LogP contribution in [0.25, 0.3) is 0 Å². The van der Waals surface area contributed by atoms with E-state index in [0.29, 0.717) is 37.8 Å². The number of nitrogens with zero attached hydrogens (tertiary/aromatic N) is 1. The molecule has 2 aromatic carbocycles. The number of alkyl carbamates (subject to hydrolysis) is 1. The maximum atomic E-state index is 14.3. The molecule has 0 aliphatic carbocycles. The number of para-hydroxylation sites is 1. The normalized spacial score (nSPS) is 14.7. The van der Waals surface area contributed by atoms with Gasteiger partial charge < -0.3 is 24.8 Å². The van der Waals surface area contributed by atoms with Crippen molar-refractivity contribution in [2.24, 2.45) is 5.92 Å². The molecule has 2 aromatic rings. The zero-order valence-electron chi connectivity index (χ0n) is 26.6. The minimum absolute atomic E-state index is 0.00188. The lowest BCUT2D eigenvalue weighted by atomic mass is 10.0. The number of benzene rings is 2. The molecule has 3 unspecified atom stereocenters. The van der Waals surface area contributed by atoms with Crippen LogP contribution in [0.4, 0.5) is 10.5 Å². The quantitative estimate of drug-likeness (QED) is 0.173. The molecule has 2 rings (SSSR count). The van der Waals surface area contributed by atoms with Gasteiger partial charge in [0.2, 0.25) is 19.2 Å². The molecule has 0 saturated carbocycles. The van der Waals surface area contributed by atoms with Gasteiger partial charge in [-0.25, -0.2) is 4.79 Å². The maximum Gasteiger partial charge on any atom is 0.407 e. The standard InChI is InChI=1S/C33H50N3O6P/c1-7-26(5)42-33(39)35-28(8-2)23-43(40,41-6)24-36(31(37)21-15-18-27-16-11-9-12-17-27)30(22-25(3)4)32(38)34-29-19-13-10-14-20-29/h9-14,16-17,19-20,25-26,28,30H,7-8,15,18,21-24H2,1-6H3,(H,34,38)(H,35,39)/t26?,28?,30-,43?/m0/s1. The average molecular weight is 616 g/mol. The van der Waals surface area contributed by atoms with E-state index >= 15 is 0 Å². The number of hydrogen-bond donors (Lipinski definition) is 2. The molecule has 0 spiro atoms. The minimum Gasteiger partial charge on any atom is -0.447 e. The van der Waals surface area contributed by atoms with Gasteiger partial charge in [0.25, 0.3) is 0 Å². The van der Waals surface area contributed by atoms with E-state index in [1.54, 1.807) is 19.1 Å². The summed E-state index contributed by atoms with van der Waals surface area (Å²) in [7, 11) is -2.18. The highest BCUT2D eigenvalue weighted by Gasteiger charge is 2.37. The monoisotopic (exact) mass is 615 g/mol. The molecule has 0 bridgehead atoms. The van der Waals surface area contributed by atoms with E-state index < -0.39 is 25.5 Å². The molecule has 0 heterocycles. The van der Waals surface area contributed by atoms with Gasteiger partial charge in [0.15, 0.2) is 0 Å². The predicted molar refractivity (Wildman–Crippen MR) is 172 cm³/mol. The molecule has 9 nitrogen and oxygen atoms in total. The molecule has 0 saturated heterocycles. The first-order valence-electron chi connectivity index (χ1n) is 15.3. The van der Waals surface area contributed by atoms with Gasteiger partial charge in [-0.2, -0.15) is 0 Å². The van der Waals surface area contributed by atoms with E-state index in [4.69, 9.17) is 9.26 Å². The van der Waals surface area contributed by atoms with Crippen molar-refractivity contribution in [1.29, 1.82) is 0 Å². The summed E-state index contributed by atoms with van der Waals surface area (Å²) in [5.74, 6) is -0.533. The Bertz CT molecular complexity index is 1180. The van der Waals surface area contributed by atoms with Gasteiger partial charge in [0, 0.05) is 31.4 Å². The summed E-state index contributed by atoms with van der Waals surface area (Å²) in [6.07, 6.45) is 1.91. The number of carbonyl (C=O) groups is 3. The lowest BCUT2D eigenvalue weighted by Gasteiger charge is -2.35. The average Bonchev–Trinajstić information content (AvgIpc) is 2.99. The third kappa shape index (κ3) is 12.9. The Balaban J connectivity index is 2.33. The highest BCUT2D eigenvalue weighted by atomic mass is 31.2. The van der Waals surface area contributed by atoms with Crippen LogP contribution in [-0.2, 0) is 29.8 Å². The Morgan fingerprint density at radius 2 is 1.56 bits per heavy atom. The number of hydrogen-bond acceptors (Lipinski definition) is 6. The van der Waals surface area contributed by atoms with Crippen LogP contribution in [0.2, 0.25) is 0 Å². The Morgan fingerprint density at radius 1 is 0.930 bits per heavy atom. The van der Waals surface area contributed by atoms with Crippen molar-refractivity contribution in [2.45, 2.75) is 91.3 Å². The van der Waals surface area contributed by atoms with Gasteiger partial charge in [-0.3, -0.25) is 14.2 Å². The summed E-state index contributed by atoms with van der Waals surface area (Å²) < 4.78 is 25.2. The fourth-order valence-corrected chi connectivity index (χ4v) is 6.87. The van der Waals surface area contributed by atoms with E-state index in [2.05, 4.69) is 10.6 Å². The van der Waals surface area contributed by atoms with Crippen LogP contribution in [0.15, 0.2) is 60.7 Å². The van der Waals surface area contributed by atoms with E-state index in [1.165, 1.54) is 12.0 Å². The van der Waals surface area contributed by atoms with Crippen LogP contribution in [0, 0.1) is 5.92 Å². The molecule has 10 heteroatoms. The zero-order valence-corrected chi connectivity index (χ0v) is 27.5. The minimum atomic E-state index is -3.54. The fraction of sp³-hybridized carbons (Fsp3) is 0.545. The first kappa shape index (κ1) is 36.0. The van der Waals surface area contributed by atoms with Gasteiger partial charge >= 0.3 is 6.09 Å². The fourth-order valence-electron chi connectivity index (χ4n) is 4.65. The summed E-state index contributed by atoms with van der Waals surface area (Å²) >= 11 is 0. The van der Waals surface area contributed by atoms with E-state index in [0.717, 1.165) is 5.56 Å². The van der Waals surface area contributed by atoms with Crippen molar-refractivity contribution < 1.29 is 28.2 Å². The number of amides is 3. The molecule has 43 heavy (non-hydrogen) atoms. The van der Waals surface area contributed by atoms with Crippen molar-refractivity contribution in [3.05, 3.63) is 66.2 Å².